The first kappa shape index (κ1) is 18.1. The Kier molecular flexibility index (Phi) is 4.49. The van der Waals surface area contributed by atoms with Crippen LogP contribution in [0.25, 0.3) is 4.96 Å². The summed E-state index contributed by atoms with van der Waals surface area (Å²) in [4.78, 5) is 7.47. The zero-order valence-electron chi connectivity index (χ0n) is 16.4. The van der Waals surface area contributed by atoms with E-state index < -0.39 is 0 Å². The van der Waals surface area contributed by atoms with E-state index in [2.05, 4.69) is 46.5 Å². The van der Waals surface area contributed by atoms with Crippen molar-refractivity contribution < 1.29 is 14.7 Å². The van der Waals surface area contributed by atoms with Gasteiger partial charge < -0.3 is 14.7 Å². The van der Waals surface area contributed by atoms with Gasteiger partial charge in [-0.2, -0.15) is 4.52 Å². The third-order valence-corrected chi connectivity index (χ3v) is 6.74. The molecule has 1 unspecified atom stereocenters. The molecule has 148 valence electrons. The van der Waals surface area contributed by atoms with Gasteiger partial charge in [0.05, 0.1) is 13.7 Å². The van der Waals surface area contributed by atoms with Crippen LogP contribution in [0, 0.1) is 6.92 Å². The highest BCUT2D eigenvalue weighted by Crippen LogP contribution is 2.36. The van der Waals surface area contributed by atoms with Crippen LogP contribution < -0.4 is 9.64 Å². The molecule has 3 heterocycles. The molecule has 0 spiro atoms. The van der Waals surface area contributed by atoms with Gasteiger partial charge in [-0.25, -0.2) is 4.98 Å². The molecular formula is C22H23N4O2S+. The Labute approximate surface area is 173 Å². The van der Waals surface area contributed by atoms with Gasteiger partial charge in [-0.1, -0.05) is 47.7 Å². The molecule has 0 radical (unpaired) electrons. The van der Waals surface area contributed by atoms with Crippen LogP contribution in [0.15, 0.2) is 48.5 Å². The van der Waals surface area contributed by atoms with Gasteiger partial charge in [0, 0.05) is 17.5 Å². The van der Waals surface area contributed by atoms with E-state index in [-0.39, 0.29) is 11.9 Å². The number of hydrogen-bond acceptors (Lipinski definition) is 5. The summed E-state index contributed by atoms with van der Waals surface area (Å²) in [5.74, 6) is 1.67. The van der Waals surface area contributed by atoms with E-state index >= 15 is 0 Å². The van der Waals surface area contributed by atoms with E-state index in [1.807, 2.05) is 19.1 Å². The van der Waals surface area contributed by atoms with Gasteiger partial charge in [0.2, 0.25) is 10.8 Å². The Morgan fingerprint density at radius 3 is 2.79 bits per heavy atom. The van der Waals surface area contributed by atoms with Crippen molar-refractivity contribution in [3.05, 3.63) is 75.9 Å². The van der Waals surface area contributed by atoms with Gasteiger partial charge in [-0.15, -0.1) is 5.10 Å². The molecule has 2 N–H and O–H groups in total. The number of benzene rings is 2. The first-order valence-corrected chi connectivity index (χ1v) is 10.6. The van der Waals surface area contributed by atoms with Gasteiger partial charge in [-0.05, 0) is 24.6 Å². The molecule has 5 rings (SSSR count). The lowest BCUT2D eigenvalue weighted by Crippen LogP contribution is -3.12. The molecule has 0 aliphatic carbocycles. The van der Waals surface area contributed by atoms with E-state index in [4.69, 9.17) is 4.74 Å². The van der Waals surface area contributed by atoms with Gasteiger partial charge in [0.1, 0.15) is 23.0 Å². The van der Waals surface area contributed by atoms with Crippen molar-refractivity contribution in [3.8, 4) is 11.6 Å². The minimum atomic E-state index is -0.0211. The van der Waals surface area contributed by atoms with Crippen molar-refractivity contribution in [2.45, 2.75) is 25.9 Å². The number of fused-ring (bicyclic) bond motifs is 2. The minimum Gasteiger partial charge on any atom is -0.497 e. The molecule has 7 heteroatoms. The summed E-state index contributed by atoms with van der Waals surface area (Å²) in [6.45, 7) is 3.74. The third-order valence-electron chi connectivity index (χ3n) is 5.65. The summed E-state index contributed by atoms with van der Waals surface area (Å²) in [7, 11) is 1.68. The number of nitrogens with zero attached hydrogens (tertiary/aromatic N) is 3. The van der Waals surface area contributed by atoms with Gasteiger partial charge in [-0.3, -0.25) is 0 Å². The smallest absolute Gasteiger partial charge is 0.235 e. The zero-order valence-corrected chi connectivity index (χ0v) is 17.2. The number of hydrogen-bond donors (Lipinski definition) is 2. The number of methoxy groups -OCH3 is 1. The number of nitrogens with one attached hydrogen (secondary N) is 1. The summed E-state index contributed by atoms with van der Waals surface area (Å²) in [5, 5.41) is 15.4. The summed E-state index contributed by atoms with van der Waals surface area (Å²) < 4.78 is 7.03. The Bertz CT molecular complexity index is 1180. The third kappa shape index (κ3) is 3.16. The standard InChI is InChI=1S/C22H22N4O2S/c1-14-23-22-26(24-14)21(27)20(29-22)19(16-8-5-9-18(12-16)28-2)25-11-10-15-6-3-4-7-17(15)13-25/h3-9,12,19,27H,10-11,13H2,1-2H3/p+1/t19-/m0/s1. The summed E-state index contributed by atoms with van der Waals surface area (Å²) >= 11 is 1.51. The van der Waals surface area contributed by atoms with E-state index in [1.54, 1.807) is 11.6 Å². The van der Waals surface area contributed by atoms with E-state index in [9.17, 15) is 5.11 Å². The first-order chi connectivity index (χ1) is 14.1. The highest BCUT2D eigenvalue weighted by atomic mass is 32.1. The zero-order chi connectivity index (χ0) is 20.0. The minimum absolute atomic E-state index is 0.0211. The number of ether oxygens (including phenoxy) is 1. The molecule has 6 nitrogen and oxygen atoms in total. The van der Waals surface area contributed by atoms with Crippen LogP contribution in [0.2, 0.25) is 0 Å². The second-order valence-corrected chi connectivity index (χ2v) is 8.47. The lowest BCUT2D eigenvalue weighted by molar-refractivity contribution is -0.940. The maximum absolute atomic E-state index is 11.0. The largest absolute Gasteiger partial charge is 0.497 e. The first-order valence-electron chi connectivity index (χ1n) is 9.74. The average Bonchev–Trinajstić information content (AvgIpc) is 3.25. The normalized spacial score (nSPS) is 17.2. The second-order valence-electron chi connectivity index (χ2n) is 7.46. The Morgan fingerprint density at radius 2 is 2.00 bits per heavy atom. The fourth-order valence-electron chi connectivity index (χ4n) is 4.28. The number of quaternary nitrogens is 1. The topological polar surface area (TPSA) is 64.1 Å². The van der Waals surface area contributed by atoms with Crippen LogP contribution in [0.3, 0.4) is 0 Å². The highest BCUT2D eigenvalue weighted by molar-refractivity contribution is 7.17. The number of thiazole rings is 1. The Hall–Kier alpha value is -2.90. The monoisotopic (exact) mass is 407 g/mol. The lowest BCUT2D eigenvalue weighted by atomic mass is 9.95. The number of aryl methyl sites for hydroxylation is 1. The van der Waals surface area contributed by atoms with Crippen molar-refractivity contribution in [2.75, 3.05) is 13.7 Å². The van der Waals surface area contributed by atoms with Crippen LogP contribution in [-0.4, -0.2) is 33.4 Å². The van der Waals surface area contributed by atoms with Crippen molar-refractivity contribution >= 4 is 16.3 Å². The molecule has 2 aromatic heterocycles. The molecule has 0 bridgehead atoms. The molecule has 2 atom stereocenters. The van der Waals surface area contributed by atoms with Crippen molar-refractivity contribution in [2.24, 2.45) is 0 Å². The predicted octanol–water partition coefficient (Wildman–Crippen LogP) is 2.54. The van der Waals surface area contributed by atoms with Gasteiger partial charge in [0.15, 0.2) is 6.04 Å². The molecule has 1 aliphatic heterocycles. The molecule has 0 fully saturated rings. The molecular weight excluding hydrogens is 384 g/mol. The summed E-state index contributed by atoms with van der Waals surface area (Å²) in [5.41, 5.74) is 3.91. The van der Waals surface area contributed by atoms with E-state index in [1.165, 1.54) is 27.4 Å². The number of rotatable bonds is 4. The molecule has 29 heavy (non-hydrogen) atoms. The van der Waals surface area contributed by atoms with Crippen LogP contribution in [0.4, 0.5) is 0 Å². The molecule has 0 saturated heterocycles. The number of aromatic nitrogens is 3. The predicted molar refractivity (Wildman–Crippen MR) is 112 cm³/mol. The van der Waals surface area contributed by atoms with Gasteiger partial charge >= 0.3 is 0 Å². The van der Waals surface area contributed by atoms with Crippen molar-refractivity contribution in [1.29, 1.82) is 0 Å². The van der Waals surface area contributed by atoms with Crippen LogP contribution in [-0.2, 0) is 13.0 Å². The molecule has 0 saturated carbocycles. The maximum Gasteiger partial charge on any atom is 0.235 e. The summed E-state index contributed by atoms with van der Waals surface area (Å²) in [6.07, 6.45) is 1.02. The van der Waals surface area contributed by atoms with Crippen molar-refractivity contribution in [1.82, 2.24) is 14.6 Å². The Balaban J connectivity index is 1.63. The van der Waals surface area contributed by atoms with Gasteiger partial charge in [0.25, 0.3) is 0 Å². The van der Waals surface area contributed by atoms with Crippen LogP contribution >= 0.6 is 11.3 Å². The lowest BCUT2D eigenvalue weighted by Gasteiger charge is -2.32. The fraction of sp³-hybridized carbons (Fsp3) is 0.273. The van der Waals surface area contributed by atoms with Crippen LogP contribution in [0.1, 0.15) is 33.4 Å². The maximum atomic E-state index is 11.0. The SMILES string of the molecule is COc1cccc([C@@H](c2sc3nc(C)nn3c2O)[NH+]2CCc3ccccc3C2)c1. The summed E-state index contributed by atoms with van der Waals surface area (Å²) in [6, 6.07) is 16.8. The highest BCUT2D eigenvalue weighted by Gasteiger charge is 2.35. The molecule has 2 aromatic carbocycles. The molecule has 4 aromatic rings. The van der Waals surface area contributed by atoms with E-state index in [0.717, 1.165) is 40.7 Å². The van der Waals surface area contributed by atoms with E-state index in [0.29, 0.717) is 5.82 Å². The Morgan fingerprint density at radius 1 is 1.17 bits per heavy atom. The number of aromatic hydroxyl groups is 1. The van der Waals surface area contributed by atoms with Crippen molar-refractivity contribution in [3.63, 3.8) is 0 Å². The quantitative estimate of drug-likeness (QED) is 0.546. The molecule has 0 amide bonds. The second kappa shape index (κ2) is 7.17. The van der Waals surface area contributed by atoms with Crippen LogP contribution in [0.5, 0.6) is 11.6 Å². The molecule has 1 aliphatic rings. The average molecular weight is 408 g/mol. The fourth-order valence-corrected chi connectivity index (χ4v) is 5.46.